The molecule has 3 aromatic heterocycles. The van der Waals surface area contributed by atoms with Crippen LogP contribution in [0, 0.1) is 6.92 Å². The van der Waals surface area contributed by atoms with E-state index in [4.69, 9.17) is 8.94 Å². The quantitative estimate of drug-likeness (QED) is 0.423. The Kier molecular flexibility index (Phi) is 4.97. The second-order valence-electron chi connectivity index (χ2n) is 7.74. The second-order valence-corrected chi connectivity index (χ2v) is 9.42. The summed E-state index contributed by atoms with van der Waals surface area (Å²) in [6.07, 6.45) is 4.27. The summed E-state index contributed by atoms with van der Waals surface area (Å²) in [5.41, 5.74) is 0.862. The number of rotatable bonds is 7. The molecule has 11 heteroatoms. The van der Waals surface area contributed by atoms with Crippen LogP contribution >= 0.6 is 0 Å². The molecule has 1 aromatic carbocycles. The van der Waals surface area contributed by atoms with Crippen molar-refractivity contribution in [2.45, 2.75) is 30.1 Å². The smallest absolute Gasteiger partial charge is 0.264 e. The highest BCUT2D eigenvalue weighted by Gasteiger charge is 2.54. The summed E-state index contributed by atoms with van der Waals surface area (Å²) < 4.78 is 38.2. The van der Waals surface area contributed by atoms with Crippen LogP contribution in [-0.4, -0.2) is 29.4 Å². The Morgan fingerprint density at radius 1 is 1.09 bits per heavy atom. The van der Waals surface area contributed by atoms with Crippen LogP contribution in [0.1, 0.15) is 24.2 Å². The first-order valence-electron chi connectivity index (χ1n) is 10.1. The van der Waals surface area contributed by atoms with E-state index in [0.717, 1.165) is 0 Å². The molecule has 1 aliphatic carbocycles. The molecule has 0 radical (unpaired) electrons. The van der Waals surface area contributed by atoms with Gasteiger partial charge in [0.15, 0.2) is 5.76 Å². The van der Waals surface area contributed by atoms with Crippen molar-refractivity contribution in [1.29, 1.82) is 0 Å². The third-order valence-corrected chi connectivity index (χ3v) is 6.74. The Morgan fingerprint density at radius 2 is 1.88 bits per heavy atom. The molecule has 0 saturated heterocycles. The van der Waals surface area contributed by atoms with E-state index in [1.165, 1.54) is 36.7 Å². The zero-order valence-corrected chi connectivity index (χ0v) is 18.3. The topological polar surface area (TPSA) is 140 Å². The van der Waals surface area contributed by atoms with Gasteiger partial charge in [-0.15, -0.1) is 0 Å². The number of hydrogen-bond donors (Lipinski definition) is 2. The Hall–Kier alpha value is -3.99. The Bertz CT molecular complexity index is 1410. The van der Waals surface area contributed by atoms with Gasteiger partial charge in [0.25, 0.3) is 10.0 Å². The Morgan fingerprint density at radius 3 is 2.55 bits per heavy atom. The van der Waals surface area contributed by atoms with E-state index in [0.29, 0.717) is 41.4 Å². The van der Waals surface area contributed by atoms with Crippen molar-refractivity contribution in [3.05, 3.63) is 72.4 Å². The van der Waals surface area contributed by atoms with Gasteiger partial charge in [0.1, 0.15) is 0 Å². The molecule has 168 valence electrons. The van der Waals surface area contributed by atoms with Gasteiger partial charge in [0.05, 0.1) is 22.3 Å². The minimum Gasteiger partial charge on any atom is -0.461 e. The van der Waals surface area contributed by atoms with Crippen molar-refractivity contribution in [1.82, 2.24) is 15.1 Å². The Balaban J connectivity index is 1.29. The first-order chi connectivity index (χ1) is 15.9. The van der Waals surface area contributed by atoms with Gasteiger partial charge in [0.2, 0.25) is 17.6 Å². The number of sulfonamides is 1. The fourth-order valence-corrected chi connectivity index (χ4v) is 4.36. The van der Waals surface area contributed by atoms with Gasteiger partial charge in [0, 0.05) is 23.6 Å². The average molecular weight is 465 g/mol. The number of benzene rings is 1. The largest absolute Gasteiger partial charge is 0.461 e. The van der Waals surface area contributed by atoms with Gasteiger partial charge in [-0.3, -0.25) is 4.79 Å². The van der Waals surface area contributed by atoms with Crippen LogP contribution < -0.4 is 10.0 Å². The molecule has 0 spiro atoms. The molecule has 0 unspecified atom stereocenters. The SMILES string of the molecule is Cc1ccnc(NS(=O)(=O)c2ccc(NC(=O)C3(c4cc(-c5ccco5)on4)CC3)cc2)n1. The minimum atomic E-state index is -3.87. The highest BCUT2D eigenvalue weighted by molar-refractivity contribution is 7.92. The van der Waals surface area contributed by atoms with Crippen LogP contribution in [0.3, 0.4) is 0 Å². The van der Waals surface area contributed by atoms with Crippen molar-refractivity contribution in [2.24, 2.45) is 0 Å². The summed E-state index contributed by atoms with van der Waals surface area (Å²) >= 11 is 0. The van der Waals surface area contributed by atoms with Gasteiger partial charge in [-0.05, 0) is 62.2 Å². The fraction of sp³-hybridized carbons (Fsp3) is 0.182. The van der Waals surface area contributed by atoms with Crippen LogP contribution in [0.25, 0.3) is 11.5 Å². The van der Waals surface area contributed by atoms with E-state index in [1.54, 1.807) is 31.2 Å². The lowest BCUT2D eigenvalue weighted by Gasteiger charge is -2.13. The van der Waals surface area contributed by atoms with Crippen molar-refractivity contribution in [3.63, 3.8) is 0 Å². The molecular weight excluding hydrogens is 446 g/mol. The molecule has 1 saturated carbocycles. The van der Waals surface area contributed by atoms with Crippen molar-refractivity contribution < 1.29 is 22.2 Å². The van der Waals surface area contributed by atoms with Crippen molar-refractivity contribution >= 4 is 27.6 Å². The molecule has 2 N–H and O–H groups in total. The van der Waals surface area contributed by atoms with Gasteiger partial charge in [-0.2, -0.15) is 0 Å². The maximum absolute atomic E-state index is 13.0. The molecule has 5 rings (SSSR count). The molecule has 10 nitrogen and oxygen atoms in total. The number of anilines is 2. The standard InChI is InChI=1S/C22H19N5O5S/c1-14-8-11-23-21(24-14)27-33(29,30)16-6-4-15(5-7-16)25-20(28)22(9-10-22)19-13-18(32-26-19)17-3-2-12-31-17/h2-8,11-13H,9-10H2,1H3,(H,25,28)(H,23,24,27). The highest BCUT2D eigenvalue weighted by atomic mass is 32.2. The monoisotopic (exact) mass is 465 g/mol. The van der Waals surface area contributed by atoms with E-state index in [9.17, 15) is 13.2 Å². The van der Waals surface area contributed by atoms with Gasteiger partial charge in [-0.1, -0.05) is 5.16 Å². The molecule has 33 heavy (non-hydrogen) atoms. The third-order valence-electron chi connectivity index (χ3n) is 5.39. The van der Waals surface area contributed by atoms with Gasteiger partial charge in [-0.25, -0.2) is 23.1 Å². The summed E-state index contributed by atoms with van der Waals surface area (Å²) in [5, 5.41) is 6.91. The predicted octanol–water partition coefficient (Wildman–Crippen LogP) is 3.50. The molecule has 1 fully saturated rings. The molecule has 0 bridgehead atoms. The number of nitrogens with zero attached hydrogens (tertiary/aromatic N) is 3. The molecule has 0 atom stereocenters. The van der Waals surface area contributed by atoms with Crippen LogP contribution in [0.2, 0.25) is 0 Å². The number of carbonyl (C=O) groups excluding carboxylic acids is 1. The zero-order valence-electron chi connectivity index (χ0n) is 17.5. The predicted molar refractivity (Wildman–Crippen MR) is 118 cm³/mol. The van der Waals surface area contributed by atoms with Crippen LogP contribution in [0.15, 0.2) is 74.8 Å². The number of furan rings is 1. The van der Waals surface area contributed by atoms with E-state index in [-0.39, 0.29) is 16.8 Å². The summed E-state index contributed by atoms with van der Waals surface area (Å²) in [7, 11) is -3.87. The van der Waals surface area contributed by atoms with Gasteiger partial charge < -0.3 is 14.3 Å². The summed E-state index contributed by atoms with van der Waals surface area (Å²) in [5.74, 6) is 0.744. The highest BCUT2D eigenvalue weighted by Crippen LogP contribution is 2.49. The molecular formula is C22H19N5O5S. The summed E-state index contributed by atoms with van der Waals surface area (Å²) in [6.45, 7) is 1.74. The second kappa shape index (κ2) is 7.85. The Labute approximate surface area is 189 Å². The number of aromatic nitrogens is 3. The number of hydrogen-bond acceptors (Lipinski definition) is 8. The van der Waals surface area contributed by atoms with Gasteiger partial charge >= 0.3 is 0 Å². The van der Waals surface area contributed by atoms with Crippen molar-refractivity contribution in [2.75, 3.05) is 10.0 Å². The normalized spacial score (nSPS) is 14.6. The first kappa shape index (κ1) is 20.9. The third kappa shape index (κ3) is 4.10. The molecule has 1 amide bonds. The maximum Gasteiger partial charge on any atom is 0.264 e. The number of amides is 1. The lowest BCUT2D eigenvalue weighted by molar-refractivity contribution is -0.118. The number of aryl methyl sites for hydroxylation is 1. The van der Waals surface area contributed by atoms with Crippen LogP contribution in [0.4, 0.5) is 11.6 Å². The summed E-state index contributed by atoms with van der Waals surface area (Å²) in [6, 6.07) is 12.7. The van der Waals surface area contributed by atoms with E-state index in [2.05, 4.69) is 25.2 Å². The molecule has 3 heterocycles. The zero-order chi connectivity index (χ0) is 23.1. The minimum absolute atomic E-state index is 0.00964. The fourth-order valence-electron chi connectivity index (χ4n) is 3.41. The maximum atomic E-state index is 13.0. The lowest BCUT2D eigenvalue weighted by atomic mass is 10.0. The first-order valence-corrected chi connectivity index (χ1v) is 11.6. The van der Waals surface area contributed by atoms with E-state index >= 15 is 0 Å². The lowest BCUT2D eigenvalue weighted by Crippen LogP contribution is -2.28. The average Bonchev–Trinajstić information content (AvgIpc) is 3.18. The van der Waals surface area contributed by atoms with Crippen LogP contribution in [0.5, 0.6) is 0 Å². The van der Waals surface area contributed by atoms with E-state index < -0.39 is 15.4 Å². The molecule has 4 aromatic rings. The van der Waals surface area contributed by atoms with E-state index in [1.807, 2.05) is 0 Å². The number of nitrogens with one attached hydrogen (secondary N) is 2. The van der Waals surface area contributed by atoms with Crippen molar-refractivity contribution in [3.8, 4) is 11.5 Å². The summed E-state index contributed by atoms with van der Waals surface area (Å²) in [4.78, 5) is 21.0. The molecule has 0 aliphatic heterocycles. The van der Waals surface area contributed by atoms with Crippen LogP contribution in [-0.2, 0) is 20.2 Å². The molecule has 1 aliphatic rings. The number of carbonyl (C=O) groups is 1.